The molecule has 1 aromatic heterocycles. The van der Waals surface area contributed by atoms with Crippen LogP contribution in [0, 0.1) is 5.92 Å². The van der Waals surface area contributed by atoms with Crippen LogP contribution in [0.15, 0.2) is 6.20 Å². The third-order valence-corrected chi connectivity index (χ3v) is 2.66. The van der Waals surface area contributed by atoms with Gasteiger partial charge in [0.15, 0.2) is 5.69 Å². The molecule has 1 rings (SSSR count). The van der Waals surface area contributed by atoms with Gasteiger partial charge in [0.25, 0.3) is 0 Å². The summed E-state index contributed by atoms with van der Waals surface area (Å²) in [5, 5.41) is 19.3. The Labute approximate surface area is 107 Å². The monoisotopic (exact) mass is 254 g/mol. The SMILES string of the molecule is CC(C)CCCCNCCn1cc(C(=O)O)nn1. The third-order valence-electron chi connectivity index (χ3n) is 2.66. The first-order valence-corrected chi connectivity index (χ1v) is 6.43. The van der Waals surface area contributed by atoms with E-state index in [0.29, 0.717) is 6.54 Å². The Balaban J connectivity index is 2.05. The van der Waals surface area contributed by atoms with Crippen molar-refractivity contribution in [3.05, 3.63) is 11.9 Å². The number of hydrogen-bond acceptors (Lipinski definition) is 4. The zero-order valence-electron chi connectivity index (χ0n) is 11.1. The summed E-state index contributed by atoms with van der Waals surface area (Å²) >= 11 is 0. The third kappa shape index (κ3) is 5.77. The van der Waals surface area contributed by atoms with E-state index in [2.05, 4.69) is 29.5 Å². The Kier molecular flexibility index (Phi) is 6.35. The summed E-state index contributed by atoms with van der Waals surface area (Å²) < 4.78 is 1.55. The number of nitrogens with zero attached hydrogens (tertiary/aromatic N) is 3. The fourth-order valence-electron chi connectivity index (χ4n) is 1.63. The van der Waals surface area contributed by atoms with E-state index >= 15 is 0 Å². The molecule has 0 aliphatic rings. The second-order valence-corrected chi connectivity index (χ2v) is 4.81. The maximum Gasteiger partial charge on any atom is 0.358 e. The van der Waals surface area contributed by atoms with E-state index < -0.39 is 5.97 Å². The molecule has 0 saturated carbocycles. The molecule has 18 heavy (non-hydrogen) atoms. The molecular formula is C12H22N4O2. The highest BCUT2D eigenvalue weighted by Gasteiger charge is 2.07. The summed E-state index contributed by atoms with van der Waals surface area (Å²) in [5.41, 5.74) is -0.00747. The van der Waals surface area contributed by atoms with Gasteiger partial charge in [-0.25, -0.2) is 4.79 Å². The van der Waals surface area contributed by atoms with Gasteiger partial charge in [-0.3, -0.25) is 4.68 Å². The van der Waals surface area contributed by atoms with Gasteiger partial charge in [0.2, 0.25) is 0 Å². The summed E-state index contributed by atoms with van der Waals surface area (Å²) in [6.45, 7) is 6.89. The molecule has 0 saturated heterocycles. The van der Waals surface area contributed by atoms with Crippen molar-refractivity contribution in [2.24, 2.45) is 5.92 Å². The highest BCUT2D eigenvalue weighted by atomic mass is 16.4. The molecule has 2 N–H and O–H groups in total. The first-order valence-electron chi connectivity index (χ1n) is 6.43. The van der Waals surface area contributed by atoms with Crippen molar-refractivity contribution < 1.29 is 9.90 Å². The van der Waals surface area contributed by atoms with Crippen LogP contribution in [0.2, 0.25) is 0 Å². The molecule has 0 aliphatic heterocycles. The second-order valence-electron chi connectivity index (χ2n) is 4.81. The van der Waals surface area contributed by atoms with E-state index in [4.69, 9.17) is 5.11 Å². The minimum absolute atomic E-state index is 0.00747. The molecule has 0 radical (unpaired) electrons. The van der Waals surface area contributed by atoms with Crippen LogP contribution in [0.3, 0.4) is 0 Å². The van der Waals surface area contributed by atoms with E-state index in [1.165, 1.54) is 25.5 Å². The predicted molar refractivity (Wildman–Crippen MR) is 68.5 cm³/mol. The first-order chi connectivity index (χ1) is 8.59. The number of carbonyl (C=O) groups is 1. The number of aromatic nitrogens is 3. The summed E-state index contributed by atoms with van der Waals surface area (Å²) in [6.07, 6.45) is 5.14. The Morgan fingerprint density at radius 3 is 2.83 bits per heavy atom. The maximum absolute atomic E-state index is 10.6. The average Bonchev–Trinajstić information content (AvgIpc) is 2.76. The van der Waals surface area contributed by atoms with Crippen molar-refractivity contribution in [3.8, 4) is 0 Å². The summed E-state index contributed by atoms with van der Waals surface area (Å²) in [5.74, 6) is -0.266. The molecule has 0 fully saturated rings. The van der Waals surface area contributed by atoms with E-state index in [1.54, 1.807) is 4.68 Å². The number of aromatic carboxylic acids is 1. The Morgan fingerprint density at radius 1 is 1.44 bits per heavy atom. The normalized spacial score (nSPS) is 11.1. The van der Waals surface area contributed by atoms with Crippen LogP contribution in [0.1, 0.15) is 43.6 Å². The second kappa shape index (κ2) is 7.81. The molecule has 102 valence electrons. The van der Waals surface area contributed by atoms with Crippen LogP contribution in [0.25, 0.3) is 0 Å². The van der Waals surface area contributed by atoms with E-state index in [1.807, 2.05) is 0 Å². The molecular weight excluding hydrogens is 232 g/mol. The molecule has 1 aromatic rings. The molecule has 0 aromatic carbocycles. The van der Waals surface area contributed by atoms with Crippen LogP contribution in [-0.4, -0.2) is 39.2 Å². The number of rotatable bonds is 9. The Bertz CT molecular complexity index is 363. The molecule has 6 heteroatoms. The van der Waals surface area contributed by atoms with Gasteiger partial charge in [0, 0.05) is 6.54 Å². The Hall–Kier alpha value is -1.43. The van der Waals surface area contributed by atoms with E-state index in [0.717, 1.165) is 19.0 Å². The van der Waals surface area contributed by atoms with Gasteiger partial charge in [-0.05, 0) is 18.9 Å². The lowest BCUT2D eigenvalue weighted by molar-refractivity contribution is 0.0690. The summed E-state index contributed by atoms with van der Waals surface area (Å²) in [6, 6.07) is 0. The van der Waals surface area contributed by atoms with Crippen LogP contribution in [0.4, 0.5) is 0 Å². The van der Waals surface area contributed by atoms with Crippen molar-refractivity contribution in [1.82, 2.24) is 20.3 Å². The fraction of sp³-hybridized carbons (Fsp3) is 0.750. The van der Waals surface area contributed by atoms with Crippen molar-refractivity contribution in [1.29, 1.82) is 0 Å². The first kappa shape index (κ1) is 14.6. The molecule has 0 unspecified atom stereocenters. The average molecular weight is 254 g/mol. The molecule has 0 amide bonds. The van der Waals surface area contributed by atoms with Gasteiger partial charge in [-0.15, -0.1) is 5.10 Å². The molecule has 1 heterocycles. The number of nitrogens with one attached hydrogen (secondary N) is 1. The zero-order valence-corrected chi connectivity index (χ0v) is 11.1. The largest absolute Gasteiger partial charge is 0.476 e. The lowest BCUT2D eigenvalue weighted by atomic mass is 10.1. The topological polar surface area (TPSA) is 80.0 Å². The predicted octanol–water partition coefficient (Wildman–Crippen LogP) is 1.39. The van der Waals surface area contributed by atoms with Crippen LogP contribution in [0.5, 0.6) is 0 Å². The van der Waals surface area contributed by atoms with Crippen molar-refractivity contribution >= 4 is 5.97 Å². The minimum Gasteiger partial charge on any atom is -0.476 e. The number of hydrogen-bond donors (Lipinski definition) is 2. The molecule has 0 spiro atoms. The summed E-state index contributed by atoms with van der Waals surface area (Å²) in [7, 11) is 0. The lowest BCUT2D eigenvalue weighted by Gasteiger charge is -2.06. The van der Waals surface area contributed by atoms with Crippen LogP contribution >= 0.6 is 0 Å². The van der Waals surface area contributed by atoms with Gasteiger partial charge in [0.1, 0.15) is 0 Å². The lowest BCUT2D eigenvalue weighted by Crippen LogP contribution is -2.21. The highest BCUT2D eigenvalue weighted by Crippen LogP contribution is 2.04. The summed E-state index contributed by atoms with van der Waals surface area (Å²) in [4.78, 5) is 10.6. The van der Waals surface area contributed by atoms with Crippen molar-refractivity contribution in [2.75, 3.05) is 13.1 Å². The van der Waals surface area contributed by atoms with E-state index in [-0.39, 0.29) is 5.69 Å². The molecule has 0 bridgehead atoms. The fourth-order valence-corrected chi connectivity index (χ4v) is 1.63. The maximum atomic E-state index is 10.6. The quantitative estimate of drug-likeness (QED) is 0.651. The van der Waals surface area contributed by atoms with E-state index in [9.17, 15) is 4.79 Å². The van der Waals surface area contributed by atoms with Crippen molar-refractivity contribution in [2.45, 2.75) is 39.7 Å². The van der Waals surface area contributed by atoms with Gasteiger partial charge in [0.05, 0.1) is 12.7 Å². The smallest absolute Gasteiger partial charge is 0.358 e. The van der Waals surface area contributed by atoms with Gasteiger partial charge >= 0.3 is 5.97 Å². The van der Waals surface area contributed by atoms with Gasteiger partial charge < -0.3 is 10.4 Å². The number of carboxylic acids is 1. The van der Waals surface area contributed by atoms with Gasteiger partial charge in [-0.2, -0.15) is 0 Å². The van der Waals surface area contributed by atoms with Gasteiger partial charge in [-0.1, -0.05) is 31.9 Å². The number of carboxylic acid groups (broad SMARTS) is 1. The zero-order chi connectivity index (χ0) is 13.4. The standard InChI is InChI=1S/C12H22N4O2/c1-10(2)5-3-4-6-13-7-8-16-9-11(12(17)18)14-15-16/h9-10,13H,3-8H2,1-2H3,(H,17,18). The molecule has 6 nitrogen and oxygen atoms in total. The van der Waals surface area contributed by atoms with Crippen molar-refractivity contribution in [3.63, 3.8) is 0 Å². The number of unbranched alkanes of at least 4 members (excludes halogenated alkanes) is 1. The molecule has 0 atom stereocenters. The van der Waals surface area contributed by atoms with Crippen LogP contribution < -0.4 is 5.32 Å². The minimum atomic E-state index is -1.04. The van der Waals surface area contributed by atoms with Crippen LogP contribution in [-0.2, 0) is 6.54 Å². The Morgan fingerprint density at radius 2 is 2.22 bits per heavy atom. The molecule has 0 aliphatic carbocycles. The highest BCUT2D eigenvalue weighted by molar-refractivity contribution is 5.84.